The molecular weight excluding hydrogens is 365 g/mol. The molecule has 4 heterocycles. The molecule has 136 valence electrons. The van der Waals surface area contributed by atoms with E-state index >= 15 is 0 Å². The SMILES string of the molecule is CN1C(=O)COc2c(C(=O)N[C@@H]3CN4CCC3CC4)cc(Cl)cc21.Cl. The maximum Gasteiger partial charge on any atom is 0.264 e. The molecule has 1 aromatic rings. The number of rotatable bonds is 2. The lowest BCUT2D eigenvalue weighted by molar-refractivity contribution is -0.121. The number of carbonyl (C=O) groups is 2. The average Bonchev–Trinajstić information content (AvgIpc) is 2.59. The molecule has 6 nitrogen and oxygen atoms in total. The molecule has 0 saturated carbocycles. The van der Waals surface area contributed by atoms with Crippen molar-refractivity contribution in [3.63, 3.8) is 0 Å². The second kappa shape index (κ2) is 7.02. The molecule has 2 amide bonds. The Kier molecular flexibility index (Phi) is 5.14. The van der Waals surface area contributed by atoms with Crippen LogP contribution in [0.5, 0.6) is 5.75 Å². The number of hydrogen-bond donors (Lipinski definition) is 1. The van der Waals surface area contributed by atoms with Crippen LogP contribution in [0, 0.1) is 5.92 Å². The molecule has 1 N–H and O–H groups in total. The number of ether oxygens (including phenoxy) is 1. The predicted molar refractivity (Wildman–Crippen MR) is 98.0 cm³/mol. The topological polar surface area (TPSA) is 61.9 Å². The first-order valence-corrected chi connectivity index (χ1v) is 8.67. The molecule has 3 fully saturated rings. The summed E-state index contributed by atoms with van der Waals surface area (Å²) in [4.78, 5) is 28.5. The monoisotopic (exact) mass is 385 g/mol. The van der Waals surface area contributed by atoms with Crippen LogP contribution in [0.2, 0.25) is 5.02 Å². The minimum atomic E-state index is -0.185. The molecule has 4 aliphatic rings. The minimum absolute atomic E-state index is 0. The number of piperidine rings is 3. The fourth-order valence-electron chi connectivity index (χ4n) is 3.89. The van der Waals surface area contributed by atoms with Crippen molar-refractivity contribution < 1.29 is 14.3 Å². The maximum absolute atomic E-state index is 12.8. The van der Waals surface area contributed by atoms with Crippen molar-refractivity contribution >= 4 is 41.5 Å². The van der Waals surface area contributed by atoms with E-state index in [2.05, 4.69) is 10.2 Å². The van der Waals surface area contributed by atoms with Crippen LogP contribution >= 0.6 is 24.0 Å². The molecule has 0 aromatic heterocycles. The lowest BCUT2D eigenvalue weighted by Crippen LogP contribution is -2.57. The Morgan fingerprint density at radius 2 is 2.04 bits per heavy atom. The maximum atomic E-state index is 12.8. The number of hydrogen-bond acceptors (Lipinski definition) is 4. The number of likely N-dealkylation sites (N-methyl/N-ethyl adjacent to an activating group) is 1. The van der Waals surface area contributed by atoms with E-state index in [-0.39, 0.29) is 36.9 Å². The molecule has 1 aromatic carbocycles. The van der Waals surface area contributed by atoms with Crippen LogP contribution in [0.25, 0.3) is 0 Å². The van der Waals surface area contributed by atoms with Crippen molar-refractivity contribution in [1.29, 1.82) is 0 Å². The zero-order valence-corrected chi connectivity index (χ0v) is 15.5. The molecule has 3 saturated heterocycles. The van der Waals surface area contributed by atoms with Gasteiger partial charge in [-0.05, 0) is 44.0 Å². The first-order chi connectivity index (χ1) is 11.5. The van der Waals surface area contributed by atoms with Gasteiger partial charge in [-0.25, -0.2) is 0 Å². The van der Waals surface area contributed by atoms with E-state index in [4.69, 9.17) is 16.3 Å². The van der Waals surface area contributed by atoms with Gasteiger partial charge >= 0.3 is 0 Å². The van der Waals surface area contributed by atoms with Crippen LogP contribution in [-0.4, -0.2) is 56.0 Å². The zero-order chi connectivity index (χ0) is 16.8. The largest absolute Gasteiger partial charge is 0.481 e. The van der Waals surface area contributed by atoms with E-state index < -0.39 is 0 Å². The van der Waals surface area contributed by atoms with Gasteiger partial charge in [-0.2, -0.15) is 0 Å². The summed E-state index contributed by atoms with van der Waals surface area (Å²) >= 11 is 6.16. The smallest absolute Gasteiger partial charge is 0.264 e. The van der Waals surface area contributed by atoms with Crippen LogP contribution in [0.3, 0.4) is 0 Å². The highest BCUT2D eigenvalue weighted by atomic mass is 35.5. The Hall–Kier alpha value is -1.50. The summed E-state index contributed by atoms with van der Waals surface area (Å²) in [6.45, 7) is 3.09. The molecular formula is C17H21Cl2N3O3. The van der Waals surface area contributed by atoms with Gasteiger partial charge in [0.25, 0.3) is 11.8 Å². The Bertz CT molecular complexity index is 705. The summed E-state index contributed by atoms with van der Waals surface area (Å²) in [6.07, 6.45) is 2.26. The van der Waals surface area contributed by atoms with E-state index in [0.29, 0.717) is 27.9 Å². The first kappa shape index (κ1) is 18.3. The molecule has 4 aliphatic heterocycles. The summed E-state index contributed by atoms with van der Waals surface area (Å²) < 4.78 is 5.54. The minimum Gasteiger partial charge on any atom is -0.481 e. The number of halogens is 2. The molecule has 0 radical (unpaired) electrons. The average molecular weight is 386 g/mol. The standard InChI is InChI=1S/C17H20ClN3O3.ClH/c1-20-14-7-11(18)6-12(16(14)24-9-15(20)22)17(23)19-13-8-21-4-2-10(13)3-5-21;/h6-7,10,13H,2-5,8-9H2,1H3,(H,19,23);1H/t13-;/m1./s1. The number of carbonyl (C=O) groups excluding carboxylic acids is 2. The Morgan fingerprint density at radius 1 is 1.32 bits per heavy atom. The van der Waals surface area contributed by atoms with Crippen molar-refractivity contribution in [1.82, 2.24) is 10.2 Å². The van der Waals surface area contributed by atoms with Gasteiger partial charge in [0.1, 0.15) is 0 Å². The lowest BCUT2D eigenvalue weighted by Gasteiger charge is -2.45. The molecule has 5 rings (SSSR count). The highest BCUT2D eigenvalue weighted by Crippen LogP contribution is 2.38. The van der Waals surface area contributed by atoms with Gasteiger partial charge in [-0.3, -0.25) is 9.59 Å². The summed E-state index contributed by atoms with van der Waals surface area (Å²) in [6, 6.07) is 3.43. The van der Waals surface area contributed by atoms with Crippen LogP contribution < -0.4 is 15.0 Å². The van der Waals surface area contributed by atoms with Gasteiger partial charge in [0.2, 0.25) is 0 Å². The van der Waals surface area contributed by atoms with E-state index in [0.717, 1.165) is 32.5 Å². The van der Waals surface area contributed by atoms with E-state index in [1.54, 1.807) is 19.2 Å². The van der Waals surface area contributed by atoms with Crippen molar-refractivity contribution in [2.45, 2.75) is 18.9 Å². The van der Waals surface area contributed by atoms with Gasteiger partial charge in [0.15, 0.2) is 12.4 Å². The lowest BCUT2D eigenvalue weighted by atomic mass is 9.84. The van der Waals surface area contributed by atoms with Gasteiger partial charge in [-0.1, -0.05) is 11.6 Å². The van der Waals surface area contributed by atoms with Crippen LogP contribution in [0.1, 0.15) is 23.2 Å². The summed E-state index contributed by atoms with van der Waals surface area (Å²) in [5, 5.41) is 3.56. The van der Waals surface area contributed by atoms with E-state index in [9.17, 15) is 9.59 Å². The highest BCUT2D eigenvalue weighted by Gasteiger charge is 2.36. The molecule has 0 aliphatic carbocycles. The van der Waals surface area contributed by atoms with Crippen molar-refractivity contribution in [3.8, 4) is 5.75 Å². The predicted octanol–water partition coefficient (Wildman–Crippen LogP) is 1.94. The molecule has 1 atom stereocenters. The van der Waals surface area contributed by atoms with Gasteiger partial charge < -0.3 is 19.9 Å². The van der Waals surface area contributed by atoms with Crippen LogP contribution in [-0.2, 0) is 4.79 Å². The number of nitrogens with zero attached hydrogens (tertiary/aromatic N) is 2. The van der Waals surface area contributed by atoms with Crippen LogP contribution in [0.15, 0.2) is 12.1 Å². The number of anilines is 1. The number of nitrogens with one attached hydrogen (secondary N) is 1. The fourth-order valence-corrected chi connectivity index (χ4v) is 4.10. The van der Waals surface area contributed by atoms with Crippen molar-refractivity contribution in [3.05, 3.63) is 22.7 Å². The first-order valence-electron chi connectivity index (χ1n) is 8.29. The molecule has 2 bridgehead atoms. The summed E-state index contributed by atoms with van der Waals surface area (Å²) in [7, 11) is 1.66. The third-order valence-corrected chi connectivity index (χ3v) is 5.55. The summed E-state index contributed by atoms with van der Waals surface area (Å²) in [5.41, 5.74) is 0.936. The van der Waals surface area contributed by atoms with Crippen molar-refractivity contribution in [2.24, 2.45) is 5.92 Å². The molecule has 8 heteroatoms. The molecule has 0 spiro atoms. The second-order valence-corrected chi connectivity index (χ2v) is 7.20. The van der Waals surface area contributed by atoms with Crippen molar-refractivity contribution in [2.75, 3.05) is 38.2 Å². The Balaban J connectivity index is 0.00000182. The Morgan fingerprint density at radius 3 is 2.68 bits per heavy atom. The van der Waals surface area contributed by atoms with E-state index in [1.807, 2.05) is 0 Å². The van der Waals surface area contributed by atoms with Gasteiger partial charge in [-0.15, -0.1) is 12.4 Å². The quantitative estimate of drug-likeness (QED) is 0.844. The Labute approximate surface area is 157 Å². The highest BCUT2D eigenvalue weighted by molar-refractivity contribution is 6.31. The molecule has 25 heavy (non-hydrogen) atoms. The van der Waals surface area contributed by atoms with Crippen LogP contribution in [0.4, 0.5) is 5.69 Å². The number of benzene rings is 1. The molecule has 0 unspecified atom stereocenters. The van der Waals surface area contributed by atoms with E-state index in [1.165, 1.54) is 4.90 Å². The zero-order valence-electron chi connectivity index (χ0n) is 14.0. The number of fused-ring (bicyclic) bond motifs is 4. The van der Waals surface area contributed by atoms with Gasteiger partial charge in [0, 0.05) is 24.7 Å². The third kappa shape index (κ3) is 3.30. The summed E-state index contributed by atoms with van der Waals surface area (Å²) in [5.74, 6) is 0.628. The second-order valence-electron chi connectivity index (χ2n) is 6.76. The number of amides is 2. The normalized spacial score (nSPS) is 27.2. The fraction of sp³-hybridized carbons (Fsp3) is 0.529. The third-order valence-electron chi connectivity index (χ3n) is 5.33. The van der Waals surface area contributed by atoms with Gasteiger partial charge in [0.05, 0.1) is 11.3 Å².